The summed E-state index contributed by atoms with van der Waals surface area (Å²) in [7, 11) is 0. The van der Waals surface area contributed by atoms with Gasteiger partial charge in [0.1, 0.15) is 0 Å². The van der Waals surface area contributed by atoms with E-state index in [9.17, 15) is 0 Å². The molecule has 1 heterocycles. The summed E-state index contributed by atoms with van der Waals surface area (Å²) in [6.45, 7) is 8.41. The van der Waals surface area contributed by atoms with Gasteiger partial charge in [-0.1, -0.05) is 5.11 Å². The molecule has 6 nitrogen and oxygen atoms in total. The highest BCUT2D eigenvalue weighted by Gasteiger charge is 2.18. The lowest BCUT2D eigenvalue weighted by molar-refractivity contribution is 0.587. The van der Waals surface area contributed by atoms with E-state index in [1.807, 2.05) is 6.07 Å². The number of anilines is 2. The number of hydrogen-bond donors (Lipinski definition) is 2. The van der Waals surface area contributed by atoms with Crippen LogP contribution in [0, 0.1) is 13.8 Å². The van der Waals surface area contributed by atoms with Crippen molar-refractivity contribution in [1.82, 2.24) is 5.32 Å². The number of hydrogen-bond acceptors (Lipinski definition) is 4. The van der Waals surface area contributed by atoms with Gasteiger partial charge in [0, 0.05) is 42.5 Å². The van der Waals surface area contributed by atoms with Crippen LogP contribution in [0.3, 0.4) is 0 Å². The molecule has 3 N–H and O–H groups in total. The van der Waals surface area contributed by atoms with Gasteiger partial charge >= 0.3 is 0 Å². The number of rotatable bonds is 3. The van der Waals surface area contributed by atoms with Crippen molar-refractivity contribution in [3.8, 4) is 0 Å². The number of nitrogens with one attached hydrogen (secondary N) is 1. The monoisotopic (exact) mass is 260 g/mol. The van der Waals surface area contributed by atoms with Crippen LogP contribution in [0.4, 0.5) is 11.4 Å². The molecule has 0 unspecified atom stereocenters. The van der Waals surface area contributed by atoms with E-state index in [1.165, 1.54) is 11.3 Å². The molecule has 0 radical (unpaired) electrons. The predicted octanol–water partition coefficient (Wildman–Crippen LogP) is 2.11. The van der Waals surface area contributed by atoms with Crippen LogP contribution in [0.5, 0.6) is 0 Å². The molecule has 0 atom stereocenters. The van der Waals surface area contributed by atoms with Crippen molar-refractivity contribution >= 4 is 11.4 Å². The van der Waals surface area contributed by atoms with Crippen LogP contribution < -0.4 is 16.0 Å². The molecule has 0 aliphatic carbocycles. The molecule has 1 aliphatic heterocycles. The Hall–Kier alpha value is -1.91. The molecule has 0 bridgehead atoms. The van der Waals surface area contributed by atoms with Gasteiger partial charge in [-0.3, -0.25) is 0 Å². The first kappa shape index (κ1) is 13.5. The predicted molar refractivity (Wildman–Crippen MR) is 78.3 cm³/mol. The highest BCUT2D eigenvalue weighted by molar-refractivity contribution is 5.70. The number of benzene rings is 1. The van der Waals surface area contributed by atoms with Crippen molar-refractivity contribution in [2.75, 3.05) is 36.8 Å². The lowest BCUT2D eigenvalue weighted by Gasteiger charge is -2.33. The van der Waals surface area contributed by atoms with Crippen LogP contribution in [0.25, 0.3) is 10.4 Å². The molecule has 0 saturated carbocycles. The molecule has 1 aliphatic rings. The SMILES string of the molecule is Cc1c(N)cc(CN=[N+]=[N-])c(C)c1N1CCNCC1. The van der Waals surface area contributed by atoms with Crippen molar-refractivity contribution in [3.05, 3.63) is 33.2 Å². The molecule has 102 valence electrons. The Morgan fingerprint density at radius 2 is 2.05 bits per heavy atom. The number of piperazine rings is 1. The number of azide groups is 1. The summed E-state index contributed by atoms with van der Waals surface area (Å²) < 4.78 is 0. The Morgan fingerprint density at radius 1 is 1.37 bits per heavy atom. The zero-order chi connectivity index (χ0) is 13.8. The van der Waals surface area contributed by atoms with Crippen LogP contribution in [-0.2, 0) is 6.54 Å². The maximum Gasteiger partial charge on any atom is 0.0515 e. The summed E-state index contributed by atoms with van der Waals surface area (Å²) in [6, 6.07) is 1.92. The first-order chi connectivity index (χ1) is 9.15. The van der Waals surface area contributed by atoms with Crippen LogP contribution in [0.1, 0.15) is 16.7 Å². The largest absolute Gasteiger partial charge is 0.398 e. The van der Waals surface area contributed by atoms with Gasteiger partial charge in [-0.15, -0.1) is 0 Å². The second kappa shape index (κ2) is 5.82. The third-order valence-electron chi connectivity index (χ3n) is 3.69. The van der Waals surface area contributed by atoms with Crippen LogP contribution >= 0.6 is 0 Å². The van der Waals surface area contributed by atoms with Gasteiger partial charge in [0.15, 0.2) is 0 Å². The second-order valence-electron chi connectivity index (χ2n) is 4.85. The third-order valence-corrected chi connectivity index (χ3v) is 3.69. The van der Waals surface area contributed by atoms with Crippen molar-refractivity contribution in [1.29, 1.82) is 0 Å². The van der Waals surface area contributed by atoms with Gasteiger partial charge in [0.2, 0.25) is 0 Å². The molecule has 6 heteroatoms. The molecule has 0 spiro atoms. The third kappa shape index (κ3) is 2.75. The van der Waals surface area contributed by atoms with Crippen LogP contribution in [0.2, 0.25) is 0 Å². The van der Waals surface area contributed by atoms with E-state index in [2.05, 4.69) is 34.1 Å². The average Bonchev–Trinajstić information content (AvgIpc) is 2.43. The quantitative estimate of drug-likeness (QED) is 0.377. The standard InChI is InChI=1S/C13H20N6/c1-9-11(8-17-18-15)7-12(14)10(2)13(9)19-5-3-16-4-6-19/h7,16H,3-6,8,14H2,1-2H3. The van der Waals surface area contributed by atoms with E-state index in [0.29, 0.717) is 6.54 Å². The van der Waals surface area contributed by atoms with Gasteiger partial charge in [-0.05, 0) is 42.1 Å². The molecule has 0 aromatic heterocycles. The molecule has 2 rings (SSSR count). The summed E-state index contributed by atoms with van der Waals surface area (Å²) in [5.41, 5.74) is 19.8. The fourth-order valence-electron chi connectivity index (χ4n) is 2.61. The summed E-state index contributed by atoms with van der Waals surface area (Å²) in [5.74, 6) is 0. The summed E-state index contributed by atoms with van der Waals surface area (Å²) in [5, 5.41) is 7.00. The lowest BCUT2D eigenvalue weighted by atomic mass is 9.99. The summed E-state index contributed by atoms with van der Waals surface area (Å²) >= 11 is 0. The van der Waals surface area contributed by atoms with Crippen molar-refractivity contribution in [2.24, 2.45) is 5.11 Å². The number of nitrogens with zero attached hydrogens (tertiary/aromatic N) is 4. The number of nitrogen functional groups attached to an aromatic ring is 1. The van der Waals surface area contributed by atoms with E-state index in [0.717, 1.165) is 43.0 Å². The molecular weight excluding hydrogens is 240 g/mol. The molecular formula is C13H20N6. The Labute approximate surface area is 113 Å². The minimum atomic E-state index is 0.353. The van der Waals surface area contributed by atoms with Crippen molar-refractivity contribution < 1.29 is 0 Å². The first-order valence-electron chi connectivity index (χ1n) is 6.50. The Balaban J connectivity index is 2.44. The van der Waals surface area contributed by atoms with Gasteiger partial charge in [-0.25, -0.2) is 0 Å². The van der Waals surface area contributed by atoms with Gasteiger partial charge < -0.3 is 16.0 Å². The fourth-order valence-corrected chi connectivity index (χ4v) is 2.61. The van der Waals surface area contributed by atoms with Crippen molar-refractivity contribution in [3.63, 3.8) is 0 Å². The van der Waals surface area contributed by atoms with E-state index < -0.39 is 0 Å². The van der Waals surface area contributed by atoms with Crippen molar-refractivity contribution in [2.45, 2.75) is 20.4 Å². The number of nitrogens with two attached hydrogens (primary N) is 1. The Bertz CT molecular complexity index is 512. The Morgan fingerprint density at radius 3 is 2.68 bits per heavy atom. The molecule has 1 fully saturated rings. The smallest absolute Gasteiger partial charge is 0.0515 e. The second-order valence-corrected chi connectivity index (χ2v) is 4.85. The molecule has 1 aromatic carbocycles. The van der Waals surface area contributed by atoms with E-state index >= 15 is 0 Å². The van der Waals surface area contributed by atoms with E-state index in [1.54, 1.807) is 0 Å². The molecule has 1 aromatic rings. The minimum absolute atomic E-state index is 0.353. The fraction of sp³-hybridized carbons (Fsp3) is 0.538. The van der Waals surface area contributed by atoms with E-state index in [4.69, 9.17) is 11.3 Å². The van der Waals surface area contributed by atoms with E-state index in [-0.39, 0.29) is 0 Å². The van der Waals surface area contributed by atoms with Gasteiger partial charge in [0.05, 0.1) is 6.54 Å². The summed E-state index contributed by atoms with van der Waals surface area (Å²) in [6.07, 6.45) is 0. The molecule has 19 heavy (non-hydrogen) atoms. The molecule has 1 saturated heterocycles. The zero-order valence-corrected chi connectivity index (χ0v) is 11.5. The normalized spacial score (nSPS) is 15.2. The highest BCUT2D eigenvalue weighted by Crippen LogP contribution is 2.32. The first-order valence-corrected chi connectivity index (χ1v) is 6.50. The average molecular weight is 260 g/mol. The Kier molecular flexibility index (Phi) is 4.14. The highest BCUT2D eigenvalue weighted by atomic mass is 15.2. The van der Waals surface area contributed by atoms with Crippen LogP contribution in [-0.4, -0.2) is 26.2 Å². The topological polar surface area (TPSA) is 90.0 Å². The summed E-state index contributed by atoms with van der Waals surface area (Å²) in [4.78, 5) is 5.19. The van der Waals surface area contributed by atoms with Gasteiger partial charge in [-0.2, -0.15) is 0 Å². The maximum atomic E-state index is 8.47. The van der Waals surface area contributed by atoms with Gasteiger partial charge in [0.25, 0.3) is 0 Å². The minimum Gasteiger partial charge on any atom is -0.398 e. The lowest BCUT2D eigenvalue weighted by Crippen LogP contribution is -2.44. The maximum absolute atomic E-state index is 8.47. The van der Waals surface area contributed by atoms with Crippen LogP contribution in [0.15, 0.2) is 11.2 Å². The zero-order valence-electron chi connectivity index (χ0n) is 11.5. The molecule has 0 amide bonds.